The number of fused-ring (bicyclic) bond motifs is 5. The van der Waals surface area contributed by atoms with Crippen molar-refractivity contribution in [1.82, 2.24) is 0 Å². The number of allylic oxidation sites excluding steroid dienone is 1. The third kappa shape index (κ3) is 4.54. The van der Waals surface area contributed by atoms with Gasteiger partial charge in [0.15, 0.2) is 12.4 Å². The molecule has 0 bridgehead atoms. The maximum Gasteiger partial charge on any atom is 0.306 e. The van der Waals surface area contributed by atoms with E-state index in [1.54, 1.807) is 0 Å². The number of Topliss-reactive ketones (excluding diaryl/α,β-unsaturated/α-hetero) is 1. The lowest BCUT2D eigenvalue weighted by atomic mass is 9.45. The molecular weight excluding hydrogens is 444 g/mol. The van der Waals surface area contributed by atoms with Crippen molar-refractivity contribution in [3.05, 3.63) is 11.6 Å². The Bertz CT molecular complexity index is 878. The first-order chi connectivity index (χ1) is 16.6. The predicted octanol–water partition coefficient (Wildman–Crippen LogP) is 4.69. The summed E-state index contributed by atoms with van der Waals surface area (Å²) in [5.74, 6) is -0.271. The van der Waals surface area contributed by atoms with Crippen LogP contribution in [-0.2, 0) is 19.1 Å². The zero-order chi connectivity index (χ0) is 25.4. The summed E-state index contributed by atoms with van der Waals surface area (Å²) in [7, 11) is 0. The van der Waals surface area contributed by atoms with Crippen LogP contribution in [0.2, 0.25) is 0 Å². The molecule has 0 unspecified atom stereocenters. The summed E-state index contributed by atoms with van der Waals surface area (Å²) < 4.78 is 5.29. The van der Waals surface area contributed by atoms with Gasteiger partial charge in [0.1, 0.15) is 5.60 Å². The van der Waals surface area contributed by atoms with Gasteiger partial charge in [0.2, 0.25) is 5.78 Å². The predicted molar refractivity (Wildman–Crippen MR) is 132 cm³/mol. The Morgan fingerprint density at radius 2 is 1.83 bits per heavy atom. The standard InChI is InChI=1S/C29H44O6/c1-4-5-6-7-8-9-25(33)35-18-24(32)29(34)15-13-22-21-11-10-19-16-20(30)12-14-27(19,2)26(21)23(31)17-28(22,29)3/h16,21-23,26,31,34H,4-15,17-18H2,1-3H3/t21-,22+,23+,26+,27+,28+,29+/m0/s1. The van der Waals surface area contributed by atoms with Gasteiger partial charge >= 0.3 is 5.97 Å². The molecule has 3 saturated carbocycles. The van der Waals surface area contributed by atoms with Gasteiger partial charge in [0, 0.05) is 18.3 Å². The Morgan fingerprint density at radius 1 is 1.09 bits per heavy atom. The van der Waals surface area contributed by atoms with Gasteiger partial charge in [-0.05, 0) is 74.2 Å². The Kier molecular flexibility index (Phi) is 7.64. The lowest BCUT2D eigenvalue weighted by molar-refractivity contribution is -0.184. The summed E-state index contributed by atoms with van der Waals surface area (Å²) in [6, 6.07) is 0. The fraction of sp³-hybridized carbons (Fsp3) is 0.828. The largest absolute Gasteiger partial charge is 0.458 e. The van der Waals surface area contributed by atoms with Crippen LogP contribution in [0, 0.1) is 28.6 Å². The molecule has 35 heavy (non-hydrogen) atoms. The quantitative estimate of drug-likeness (QED) is 0.361. The fourth-order valence-electron chi connectivity index (χ4n) is 8.36. The van der Waals surface area contributed by atoms with Gasteiger partial charge in [-0.1, -0.05) is 52.0 Å². The molecule has 0 saturated heterocycles. The lowest BCUT2D eigenvalue weighted by Gasteiger charge is -2.60. The maximum absolute atomic E-state index is 13.3. The molecule has 0 spiro atoms. The number of hydrogen-bond acceptors (Lipinski definition) is 6. The van der Waals surface area contributed by atoms with Gasteiger partial charge in [-0.2, -0.15) is 0 Å². The molecule has 6 nitrogen and oxygen atoms in total. The van der Waals surface area contributed by atoms with Crippen LogP contribution in [0.4, 0.5) is 0 Å². The summed E-state index contributed by atoms with van der Waals surface area (Å²) in [6.07, 6.45) is 11.0. The van der Waals surface area contributed by atoms with Crippen molar-refractivity contribution in [3.8, 4) is 0 Å². The molecule has 196 valence electrons. The first-order valence-corrected chi connectivity index (χ1v) is 13.9. The minimum atomic E-state index is -1.59. The van der Waals surface area contributed by atoms with E-state index in [9.17, 15) is 24.6 Å². The Labute approximate surface area is 209 Å². The Balaban J connectivity index is 1.43. The van der Waals surface area contributed by atoms with E-state index in [4.69, 9.17) is 4.74 Å². The van der Waals surface area contributed by atoms with Crippen LogP contribution < -0.4 is 0 Å². The lowest BCUT2D eigenvalue weighted by Crippen LogP contribution is -2.62. The number of ketones is 2. The molecule has 4 rings (SSSR count). The number of ether oxygens (including phenoxy) is 1. The van der Waals surface area contributed by atoms with Crippen molar-refractivity contribution in [1.29, 1.82) is 0 Å². The van der Waals surface area contributed by atoms with Gasteiger partial charge < -0.3 is 14.9 Å². The second-order valence-corrected chi connectivity index (χ2v) is 12.2. The van der Waals surface area contributed by atoms with E-state index in [1.807, 2.05) is 13.0 Å². The molecule has 0 aromatic carbocycles. The highest BCUT2D eigenvalue weighted by atomic mass is 16.5. The molecule has 7 atom stereocenters. The Hall–Kier alpha value is -1.53. The number of aliphatic hydroxyl groups is 2. The van der Waals surface area contributed by atoms with E-state index < -0.39 is 29.5 Å². The zero-order valence-corrected chi connectivity index (χ0v) is 21.8. The number of esters is 1. The molecule has 0 heterocycles. The van der Waals surface area contributed by atoms with Crippen LogP contribution >= 0.6 is 0 Å². The van der Waals surface area contributed by atoms with E-state index in [-0.39, 0.29) is 34.9 Å². The van der Waals surface area contributed by atoms with Crippen molar-refractivity contribution in [2.45, 2.75) is 116 Å². The number of carbonyl (C=O) groups excluding carboxylic acids is 3. The molecule has 0 radical (unpaired) electrons. The minimum absolute atomic E-state index is 0.0386. The van der Waals surface area contributed by atoms with Crippen LogP contribution in [0.3, 0.4) is 0 Å². The first kappa shape index (κ1) is 26.5. The van der Waals surface area contributed by atoms with Crippen molar-refractivity contribution in [2.24, 2.45) is 28.6 Å². The SMILES string of the molecule is CCCCCCCC(=O)OCC(=O)[C@]1(O)CC[C@@H]2[C@@H]3CCC4=CC(=O)CC[C@@]4(C)[C@H]3[C@H](O)C[C@]21C. The topological polar surface area (TPSA) is 101 Å². The van der Waals surface area contributed by atoms with E-state index in [0.717, 1.165) is 57.8 Å². The second kappa shape index (κ2) is 10.1. The van der Waals surface area contributed by atoms with E-state index in [0.29, 0.717) is 25.7 Å². The number of aliphatic hydroxyl groups excluding tert-OH is 1. The van der Waals surface area contributed by atoms with Gasteiger partial charge in [0.05, 0.1) is 6.10 Å². The van der Waals surface area contributed by atoms with Crippen molar-refractivity contribution >= 4 is 17.5 Å². The molecule has 3 fully saturated rings. The highest BCUT2D eigenvalue weighted by Crippen LogP contribution is 2.67. The van der Waals surface area contributed by atoms with E-state index >= 15 is 0 Å². The van der Waals surface area contributed by atoms with Crippen LogP contribution in [0.5, 0.6) is 0 Å². The average Bonchev–Trinajstić information content (AvgIpc) is 3.08. The summed E-state index contributed by atoms with van der Waals surface area (Å²) >= 11 is 0. The third-order valence-corrected chi connectivity index (χ3v) is 10.4. The molecule has 0 aromatic heterocycles. The summed E-state index contributed by atoms with van der Waals surface area (Å²) in [5, 5.41) is 23.2. The van der Waals surface area contributed by atoms with Crippen molar-refractivity contribution in [2.75, 3.05) is 6.61 Å². The zero-order valence-electron chi connectivity index (χ0n) is 21.8. The molecule has 4 aliphatic rings. The van der Waals surface area contributed by atoms with Gasteiger partial charge in [-0.15, -0.1) is 0 Å². The van der Waals surface area contributed by atoms with E-state index in [1.165, 1.54) is 5.57 Å². The average molecular weight is 489 g/mol. The fourth-order valence-corrected chi connectivity index (χ4v) is 8.36. The second-order valence-electron chi connectivity index (χ2n) is 12.2. The molecule has 0 amide bonds. The normalized spacial score (nSPS) is 40.4. The van der Waals surface area contributed by atoms with Crippen LogP contribution in [-0.4, -0.2) is 46.1 Å². The summed E-state index contributed by atoms with van der Waals surface area (Å²) in [5.41, 5.74) is -1.37. The van der Waals surface area contributed by atoms with Gasteiger partial charge in [-0.3, -0.25) is 14.4 Å². The minimum Gasteiger partial charge on any atom is -0.458 e. The number of unbranched alkanes of at least 4 members (excludes halogenated alkanes) is 4. The molecule has 6 heteroatoms. The first-order valence-electron chi connectivity index (χ1n) is 13.9. The monoisotopic (exact) mass is 488 g/mol. The smallest absolute Gasteiger partial charge is 0.306 e. The number of hydrogen-bond donors (Lipinski definition) is 2. The van der Waals surface area contributed by atoms with Crippen molar-refractivity contribution in [3.63, 3.8) is 0 Å². The highest BCUT2D eigenvalue weighted by molar-refractivity contribution is 5.92. The van der Waals surface area contributed by atoms with Crippen LogP contribution in [0.15, 0.2) is 11.6 Å². The van der Waals surface area contributed by atoms with E-state index in [2.05, 4.69) is 13.8 Å². The molecule has 2 N–H and O–H groups in total. The maximum atomic E-state index is 13.3. The summed E-state index contributed by atoms with van der Waals surface area (Å²) in [6.45, 7) is 5.90. The molecule has 0 aromatic rings. The van der Waals surface area contributed by atoms with Gasteiger partial charge in [0.25, 0.3) is 0 Å². The number of carbonyl (C=O) groups is 3. The Morgan fingerprint density at radius 3 is 2.57 bits per heavy atom. The number of rotatable bonds is 9. The van der Waals surface area contributed by atoms with Crippen molar-refractivity contribution < 1.29 is 29.3 Å². The summed E-state index contributed by atoms with van der Waals surface area (Å²) in [4.78, 5) is 37.5. The highest BCUT2D eigenvalue weighted by Gasteiger charge is 2.68. The molecule has 0 aliphatic heterocycles. The molecular formula is C29H44O6. The van der Waals surface area contributed by atoms with Gasteiger partial charge in [-0.25, -0.2) is 0 Å². The molecule has 4 aliphatic carbocycles. The van der Waals surface area contributed by atoms with Crippen LogP contribution in [0.25, 0.3) is 0 Å². The third-order valence-electron chi connectivity index (χ3n) is 10.4. The van der Waals surface area contributed by atoms with Crippen LogP contribution in [0.1, 0.15) is 104 Å².